The van der Waals surface area contributed by atoms with E-state index >= 15 is 0 Å². The third-order valence-corrected chi connectivity index (χ3v) is 9.50. The van der Waals surface area contributed by atoms with Gasteiger partial charge in [0.2, 0.25) is 11.0 Å². The van der Waals surface area contributed by atoms with E-state index in [2.05, 4.69) is 30.5 Å². The summed E-state index contributed by atoms with van der Waals surface area (Å²) in [6.45, 7) is -0.181. The molecule has 61 heavy (non-hydrogen) atoms. The van der Waals surface area contributed by atoms with Crippen LogP contribution >= 0.6 is 11.6 Å². The summed E-state index contributed by atoms with van der Waals surface area (Å²) in [5, 5.41) is 43.2. The SMILES string of the molecule is CO.COc1cnc(Cl)c([N+](=O)[O-])c1.COc1cnc(NC2CCCCC2)c(N)c1.COc1cnc(NC2CCCCC2)c([N+](=O)[O-])c1.NC1CCCCC1.O=CO[O-].[H-].[K+].[K+]. The molecule has 3 saturated carbocycles. The van der Waals surface area contributed by atoms with Crippen LogP contribution in [0.4, 0.5) is 28.7 Å². The first-order valence-electron chi connectivity index (χ1n) is 19.2. The molecule has 3 aliphatic carbocycles. The second kappa shape index (κ2) is 37.3. The number of nitro groups is 2. The van der Waals surface area contributed by atoms with E-state index in [1.165, 1.54) is 122 Å². The first-order chi connectivity index (χ1) is 28.4. The van der Waals surface area contributed by atoms with Gasteiger partial charge in [0.1, 0.15) is 23.1 Å². The van der Waals surface area contributed by atoms with E-state index in [0.29, 0.717) is 46.9 Å². The molecule has 0 aliphatic heterocycles. The molecule has 0 radical (unpaired) electrons. The van der Waals surface area contributed by atoms with Crippen LogP contribution in [0, 0.1) is 20.2 Å². The van der Waals surface area contributed by atoms with Crippen LogP contribution < -0.4 is 144 Å². The van der Waals surface area contributed by atoms with Gasteiger partial charge in [-0.3, -0.25) is 25.0 Å². The summed E-state index contributed by atoms with van der Waals surface area (Å²) in [5.41, 5.74) is 11.9. The van der Waals surface area contributed by atoms with Crippen molar-refractivity contribution in [2.24, 2.45) is 5.73 Å². The van der Waals surface area contributed by atoms with Gasteiger partial charge in [-0.05, 0) is 38.5 Å². The summed E-state index contributed by atoms with van der Waals surface area (Å²) < 4.78 is 14.8. The maximum atomic E-state index is 11.0. The van der Waals surface area contributed by atoms with Gasteiger partial charge in [0.15, 0.2) is 0 Å². The Morgan fingerprint density at radius 2 is 1.07 bits per heavy atom. The average molecular weight is 933 g/mol. The van der Waals surface area contributed by atoms with Crippen LogP contribution in [-0.2, 0) is 9.68 Å². The normalized spacial score (nSPS) is 14.5. The van der Waals surface area contributed by atoms with Crippen molar-refractivity contribution in [3.63, 3.8) is 0 Å². The van der Waals surface area contributed by atoms with Crippen molar-refractivity contribution >= 4 is 46.8 Å². The van der Waals surface area contributed by atoms with Crippen molar-refractivity contribution in [1.82, 2.24) is 15.0 Å². The number of aromatic nitrogens is 3. The minimum absolute atomic E-state index is 0. The Balaban J connectivity index is -0.000000730. The zero-order chi connectivity index (χ0) is 44.0. The number of hydrogen-bond donors (Lipinski definition) is 5. The number of aliphatic hydroxyl groups excluding tert-OH is 1. The van der Waals surface area contributed by atoms with Gasteiger partial charge < -0.3 is 53.0 Å². The van der Waals surface area contributed by atoms with Gasteiger partial charge >= 0.3 is 114 Å². The first kappa shape index (κ1) is 61.1. The van der Waals surface area contributed by atoms with Gasteiger partial charge in [-0.2, -0.15) is 0 Å². The molecule has 3 aromatic heterocycles. The number of methoxy groups -OCH3 is 3. The smallest absolute Gasteiger partial charge is 1.00 e. The molecule has 0 saturated heterocycles. The minimum Gasteiger partial charge on any atom is -1.00 e. The number of aliphatic hydroxyl groups is 1. The van der Waals surface area contributed by atoms with Crippen molar-refractivity contribution in [2.45, 2.75) is 114 Å². The van der Waals surface area contributed by atoms with Gasteiger partial charge in [-0.15, -0.1) is 0 Å². The van der Waals surface area contributed by atoms with Crippen molar-refractivity contribution in [3.8, 4) is 17.2 Å². The van der Waals surface area contributed by atoms with Crippen LogP contribution in [0.25, 0.3) is 0 Å². The van der Waals surface area contributed by atoms with Crippen LogP contribution in [0.15, 0.2) is 36.8 Å². The fourth-order valence-electron chi connectivity index (χ4n) is 6.16. The minimum atomic E-state index is -0.613. The number of pyridine rings is 3. The van der Waals surface area contributed by atoms with Crippen LogP contribution in [0.3, 0.4) is 0 Å². The number of nitrogens with one attached hydrogen (secondary N) is 2. The Morgan fingerprint density at radius 3 is 1.43 bits per heavy atom. The number of nitrogens with two attached hydrogens (primary N) is 2. The van der Waals surface area contributed by atoms with E-state index < -0.39 is 9.85 Å². The number of carbonyl (C=O) groups excluding carboxylic acids is 1. The number of nitrogens with zero attached hydrogens (tertiary/aromatic N) is 5. The maximum absolute atomic E-state index is 11.0. The summed E-state index contributed by atoms with van der Waals surface area (Å²) >= 11 is 5.44. The van der Waals surface area contributed by atoms with E-state index in [0.717, 1.165) is 25.8 Å². The summed E-state index contributed by atoms with van der Waals surface area (Å²) in [6, 6.07) is 5.77. The summed E-state index contributed by atoms with van der Waals surface area (Å²) in [7, 11) is 5.48. The number of rotatable bonds is 10. The zero-order valence-electron chi connectivity index (χ0n) is 37.2. The fraction of sp³-hybridized carbons (Fsp3) is 0.579. The molecule has 0 atom stereocenters. The topological polar surface area (TPSA) is 298 Å². The predicted octanol–water partition coefficient (Wildman–Crippen LogP) is 0.253. The molecular formula is C38H60ClK2N9O11. The Morgan fingerprint density at radius 1 is 0.705 bits per heavy atom. The van der Waals surface area contributed by atoms with Crippen LogP contribution in [-0.4, -0.2) is 82.9 Å². The molecule has 0 unspecified atom stereocenters. The molecule has 20 nitrogen and oxygen atoms in total. The number of carbonyl (C=O) groups is 1. The molecule has 0 spiro atoms. The molecule has 0 amide bonds. The van der Waals surface area contributed by atoms with E-state index in [9.17, 15) is 20.2 Å². The van der Waals surface area contributed by atoms with Gasteiger partial charge in [-0.25, -0.2) is 15.0 Å². The van der Waals surface area contributed by atoms with E-state index in [1.807, 2.05) is 0 Å². The molecule has 3 aliphatic rings. The Bertz CT molecular complexity index is 1660. The average Bonchev–Trinajstić information content (AvgIpc) is 3.27. The van der Waals surface area contributed by atoms with Crippen LogP contribution in [0.2, 0.25) is 5.15 Å². The van der Waals surface area contributed by atoms with Gasteiger partial charge in [-0.1, -0.05) is 69.4 Å². The molecule has 332 valence electrons. The van der Waals surface area contributed by atoms with E-state index in [-0.39, 0.29) is 127 Å². The zero-order valence-corrected chi connectivity index (χ0v) is 43.2. The molecular weight excluding hydrogens is 872 g/mol. The standard InChI is InChI=1S/C12H17N3O3.C12H19N3O.C6H5ClN2O3.C6H13N.CH2O3.CH4O.2K.H/c1-18-10-7-11(15(16)17)12(13-8-10)14-9-5-3-2-4-6-9;1-16-10-7-11(13)12(14-8-10)15-9-5-3-2-4-6-9;1-12-4-2-5(9(10)11)6(7)8-3-4;7-6-4-2-1-3-5-6;2-1-4-3;1-2;;;/h7-9H,2-6H2,1H3,(H,13,14);7-9H,2-6,13H2,1H3,(H,14,15);2-3H,1H3;6H,1-5,7H2;1,3H;2H,1H3;;;/q;;;;;;2*+1;-1/p-1. The van der Waals surface area contributed by atoms with Crippen LogP contribution in [0.1, 0.15) is 97.7 Å². The van der Waals surface area contributed by atoms with Crippen molar-refractivity contribution in [1.29, 1.82) is 0 Å². The molecule has 23 heteroatoms. The van der Waals surface area contributed by atoms with E-state index in [4.69, 9.17) is 52.4 Å². The van der Waals surface area contributed by atoms with Crippen molar-refractivity contribution in [2.75, 3.05) is 44.8 Å². The molecule has 3 fully saturated rings. The number of hydrogen-bond acceptors (Lipinski definition) is 18. The van der Waals surface area contributed by atoms with Crippen molar-refractivity contribution < 1.29 is 148 Å². The molecule has 6 rings (SSSR count). The van der Waals surface area contributed by atoms with Gasteiger partial charge in [0.25, 0.3) is 6.47 Å². The summed E-state index contributed by atoms with van der Waals surface area (Å²) in [5.74, 6) is 2.54. The Hall–Kier alpha value is -2.04. The second-order valence-corrected chi connectivity index (χ2v) is 13.7. The van der Waals surface area contributed by atoms with E-state index in [1.54, 1.807) is 19.4 Å². The van der Waals surface area contributed by atoms with Gasteiger partial charge in [0, 0.05) is 31.3 Å². The third kappa shape index (κ3) is 25.7. The molecule has 3 heterocycles. The van der Waals surface area contributed by atoms with Crippen LogP contribution in [0.5, 0.6) is 17.2 Å². The summed E-state index contributed by atoms with van der Waals surface area (Å²) in [6.07, 6.45) is 23.2. The largest absolute Gasteiger partial charge is 1.00 e. The molecule has 0 aromatic carbocycles. The quantitative estimate of drug-likeness (QED) is 0.0455. The summed E-state index contributed by atoms with van der Waals surface area (Å²) in [4.78, 5) is 43.5. The number of halogens is 1. The molecule has 7 N–H and O–H groups in total. The fourth-order valence-corrected chi connectivity index (χ4v) is 6.34. The monoisotopic (exact) mass is 931 g/mol. The number of anilines is 3. The maximum Gasteiger partial charge on any atom is 1.00 e. The molecule has 0 bridgehead atoms. The third-order valence-electron chi connectivity index (χ3n) is 9.21. The molecule has 3 aromatic rings. The first-order valence-corrected chi connectivity index (χ1v) is 19.6. The van der Waals surface area contributed by atoms with Gasteiger partial charge in [0.05, 0.1) is 67.6 Å². The Labute approximate surface area is 448 Å². The predicted molar refractivity (Wildman–Crippen MR) is 224 cm³/mol. The number of ether oxygens (including phenoxy) is 3. The number of nitrogen functional groups attached to an aromatic ring is 1. The second-order valence-electron chi connectivity index (χ2n) is 13.3. The Kier molecular flexibility index (Phi) is 37.4. The van der Waals surface area contributed by atoms with Crippen molar-refractivity contribution in [3.05, 3.63) is 62.2 Å².